The second-order valence-electron chi connectivity index (χ2n) is 3.90. The molecule has 0 aliphatic heterocycles. The van der Waals surface area contributed by atoms with Gasteiger partial charge in [-0.3, -0.25) is 14.3 Å². The van der Waals surface area contributed by atoms with Crippen molar-refractivity contribution in [1.82, 2.24) is 9.78 Å². The molecule has 0 unspecified atom stereocenters. The number of rotatable bonds is 4. The number of carbonyl (C=O) groups is 2. The zero-order valence-electron chi connectivity index (χ0n) is 10.0. The molecule has 0 radical (unpaired) electrons. The molecule has 8 heteroatoms. The fourth-order valence-electron chi connectivity index (χ4n) is 1.53. The van der Waals surface area contributed by atoms with Gasteiger partial charge in [-0.2, -0.15) is 5.10 Å². The maximum atomic E-state index is 13.5. The Balaban J connectivity index is 2.11. The summed E-state index contributed by atoms with van der Waals surface area (Å²) >= 11 is 5.59. The third kappa shape index (κ3) is 3.33. The van der Waals surface area contributed by atoms with E-state index in [4.69, 9.17) is 16.7 Å². The lowest BCUT2D eigenvalue weighted by Crippen LogP contribution is -2.13. The normalized spacial score (nSPS) is 10.3. The summed E-state index contributed by atoms with van der Waals surface area (Å²) in [5.74, 6) is -2.48. The number of anilines is 1. The topological polar surface area (TPSA) is 84.2 Å². The van der Waals surface area contributed by atoms with Gasteiger partial charge in [0.1, 0.15) is 12.4 Å². The van der Waals surface area contributed by atoms with Crippen LogP contribution < -0.4 is 5.32 Å². The van der Waals surface area contributed by atoms with Gasteiger partial charge in [0, 0.05) is 11.2 Å². The van der Waals surface area contributed by atoms with Crippen molar-refractivity contribution < 1.29 is 19.1 Å². The molecule has 1 aromatic heterocycles. The van der Waals surface area contributed by atoms with E-state index in [9.17, 15) is 14.0 Å². The lowest BCUT2D eigenvalue weighted by atomic mass is 10.2. The van der Waals surface area contributed by atoms with Gasteiger partial charge in [-0.25, -0.2) is 4.39 Å². The minimum atomic E-state index is -1.06. The Labute approximate surface area is 117 Å². The minimum Gasteiger partial charge on any atom is -0.480 e. The minimum absolute atomic E-state index is 0.166. The van der Waals surface area contributed by atoms with Crippen molar-refractivity contribution in [1.29, 1.82) is 0 Å². The Morgan fingerprint density at radius 2 is 2.20 bits per heavy atom. The highest BCUT2D eigenvalue weighted by molar-refractivity contribution is 6.30. The molecule has 20 heavy (non-hydrogen) atoms. The Hall–Kier alpha value is -2.41. The smallest absolute Gasteiger partial charge is 0.325 e. The first-order valence-corrected chi connectivity index (χ1v) is 5.84. The zero-order chi connectivity index (χ0) is 14.7. The molecule has 6 nitrogen and oxygen atoms in total. The van der Waals surface area contributed by atoms with E-state index in [-0.39, 0.29) is 22.8 Å². The molecule has 1 amide bonds. The number of hydrogen-bond donors (Lipinski definition) is 2. The largest absolute Gasteiger partial charge is 0.480 e. The van der Waals surface area contributed by atoms with Crippen molar-refractivity contribution in [3.63, 3.8) is 0 Å². The van der Waals surface area contributed by atoms with E-state index in [2.05, 4.69) is 10.4 Å². The van der Waals surface area contributed by atoms with E-state index in [1.54, 1.807) is 0 Å². The summed E-state index contributed by atoms with van der Waals surface area (Å²) in [6, 6.07) is 3.69. The zero-order valence-corrected chi connectivity index (χ0v) is 10.8. The van der Waals surface area contributed by atoms with Crippen LogP contribution in [0.15, 0.2) is 30.6 Å². The van der Waals surface area contributed by atoms with Crippen LogP contribution in [-0.2, 0) is 11.3 Å². The van der Waals surface area contributed by atoms with Gasteiger partial charge >= 0.3 is 5.97 Å². The Bertz CT molecular complexity index is 672. The second kappa shape index (κ2) is 5.70. The Morgan fingerprint density at radius 1 is 1.45 bits per heavy atom. The van der Waals surface area contributed by atoms with Crippen LogP contribution in [0, 0.1) is 5.82 Å². The molecule has 0 aliphatic carbocycles. The number of carbonyl (C=O) groups excluding carboxylic acids is 1. The van der Waals surface area contributed by atoms with Crippen LogP contribution in [-0.4, -0.2) is 26.8 Å². The first-order chi connectivity index (χ1) is 9.45. The van der Waals surface area contributed by atoms with Crippen molar-refractivity contribution in [2.45, 2.75) is 6.54 Å². The average molecular weight is 298 g/mol. The second-order valence-corrected chi connectivity index (χ2v) is 4.34. The predicted molar refractivity (Wildman–Crippen MR) is 69.2 cm³/mol. The molecule has 104 valence electrons. The van der Waals surface area contributed by atoms with Crippen LogP contribution in [0.3, 0.4) is 0 Å². The molecule has 2 aromatic rings. The van der Waals surface area contributed by atoms with Crippen LogP contribution in [0.25, 0.3) is 0 Å². The van der Waals surface area contributed by atoms with E-state index < -0.39 is 17.7 Å². The number of aliphatic carboxylic acids is 1. The number of benzene rings is 1. The maximum absolute atomic E-state index is 13.5. The van der Waals surface area contributed by atoms with Crippen LogP contribution in [0.5, 0.6) is 0 Å². The summed E-state index contributed by atoms with van der Waals surface area (Å²) in [6.45, 7) is -0.328. The fraction of sp³-hybridized carbons (Fsp3) is 0.0833. The number of carboxylic acids is 1. The van der Waals surface area contributed by atoms with Gasteiger partial charge in [-0.15, -0.1) is 0 Å². The summed E-state index contributed by atoms with van der Waals surface area (Å²) in [6.07, 6.45) is 2.61. The van der Waals surface area contributed by atoms with Crippen LogP contribution in [0.1, 0.15) is 10.4 Å². The number of halogens is 2. The van der Waals surface area contributed by atoms with E-state index in [1.165, 1.54) is 24.5 Å². The average Bonchev–Trinajstić information content (AvgIpc) is 2.75. The molecule has 2 N–H and O–H groups in total. The van der Waals surface area contributed by atoms with Gasteiger partial charge in [0.05, 0.1) is 17.4 Å². The molecular formula is C12H9ClFN3O3. The summed E-state index contributed by atoms with van der Waals surface area (Å²) in [4.78, 5) is 22.3. The Morgan fingerprint density at radius 3 is 2.85 bits per heavy atom. The summed E-state index contributed by atoms with van der Waals surface area (Å²) < 4.78 is 14.7. The fourth-order valence-corrected chi connectivity index (χ4v) is 1.68. The van der Waals surface area contributed by atoms with Gasteiger partial charge in [0.25, 0.3) is 5.91 Å². The molecule has 0 bridgehead atoms. The molecule has 0 aliphatic rings. The predicted octanol–water partition coefficient (Wildman–Crippen LogP) is 2.01. The van der Waals surface area contributed by atoms with Crippen molar-refractivity contribution in [3.05, 3.63) is 47.0 Å². The van der Waals surface area contributed by atoms with Crippen LogP contribution in [0.2, 0.25) is 5.02 Å². The monoisotopic (exact) mass is 297 g/mol. The van der Waals surface area contributed by atoms with Crippen molar-refractivity contribution in [3.8, 4) is 0 Å². The Kier molecular flexibility index (Phi) is 3.99. The standard InChI is InChI=1S/C12H9ClFN3O3/c13-7-1-2-9(10(14)3-7)12(20)16-8-4-15-17(5-8)6-11(18)19/h1-5H,6H2,(H,16,20)(H,18,19). The van der Waals surface area contributed by atoms with E-state index in [0.717, 1.165) is 10.7 Å². The van der Waals surface area contributed by atoms with E-state index in [1.807, 2.05) is 0 Å². The highest BCUT2D eigenvalue weighted by atomic mass is 35.5. The third-order valence-corrected chi connectivity index (χ3v) is 2.60. The highest BCUT2D eigenvalue weighted by Crippen LogP contribution is 2.16. The van der Waals surface area contributed by atoms with Gasteiger partial charge in [0.15, 0.2) is 0 Å². The molecule has 0 fully saturated rings. The van der Waals surface area contributed by atoms with Crippen molar-refractivity contribution >= 4 is 29.2 Å². The van der Waals surface area contributed by atoms with Crippen molar-refractivity contribution in [2.24, 2.45) is 0 Å². The first kappa shape index (κ1) is 14.0. The van der Waals surface area contributed by atoms with E-state index in [0.29, 0.717) is 0 Å². The highest BCUT2D eigenvalue weighted by Gasteiger charge is 2.13. The quantitative estimate of drug-likeness (QED) is 0.904. The summed E-state index contributed by atoms with van der Waals surface area (Å²) in [5, 5.41) is 14.9. The molecular weight excluding hydrogens is 289 g/mol. The van der Waals surface area contributed by atoms with Gasteiger partial charge in [0.2, 0.25) is 0 Å². The number of hydrogen-bond acceptors (Lipinski definition) is 3. The number of nitrogens with zero attached hydrogens (tertiary/aromatic N) is 2. The number of aromatic nitrogens is 2. The number of carboxylic acid groups (broad SMARTS) is 1. The number of nitrogens with one attached hydrogen (secondary N) is 1. The molecule has 1 aromatic carbocycles. The molecule has 0 spiro atoms. The van der Waals surface area contributed by atoms with Gasteiger partial charge < -0.3 is 10.4 Å². The SMILES string of the molecule is O=C(O)Cn1cc(NC(=O)c2ccc(Cl)cc2F)cn1. The maximum Gasteiger partial charge on any atom is 0.325 e. The molecule has 0 saturated heterocycles. The van der Waals surface area contributed by atoms with Crippen LogP contribution in [0.4, 0.5) is 10.1 Å². The summed E-state index contributed by atoms with van der Waals surface area (Å²) in [5.41, 5.74) is 0.103. The summed E-state index contributed by atoms with van der Waals surface area (Å²) in [7, 11) is 0. The lowest BCUT2D eigenvalue weighted by molar-refractivity contribution is -0.137. The van der Waals surface area contributed by atoms with Gasteiger partial charge in [-0.05, 0) is 18.2 Å². The van der Waals surface area contributed by atoms with Crippen LogP contribution >= 0.6 is 11.6 Å². The van der Waals surface area contributed by atoms with Crippen molar-refractivity contribution in [2.75, 3.05) is 5.32 Å². The van der Waals surface area contributed by atoms with E-state index >= 15 is 0 Å². The third-order valence-electron chi connectivity index (χ3n) is 2.36. The van der Waals surface area contributed by atoms with Gasteiger partial charge in [-0.1, -0.05) is 11.6 Å². The molecule has 0 saturated carbocycles. The molecule has 1 heterocycles. The molecule has 2 rings (SSSR count). The number of amides is 1. The first-order valence-electron chi connectivity index (χ1n) is 5.46. The molecule has 0 atom stereocenters. The lowest BCUT2D eigenvalue weighted by Gasteiger charge is -2.03.